The van der Waals surface area contributed by atoms with E-state index < -0.39 is 10.0 Å². The topological polar surface area (TPSA) is 63.4 Å². The molecule has 102 valence electrons. The van der Waals surface area contributed by atoms with Crippen LogP contribution in [0.3, 0.4) is 0 Å². The zero-order chi connectivity index (χ0) is 13.8. The molecule has 0 radical (unpaired) electrons. The van der Waals surface area contributed by atoms with E-state index in [-0.39, 0.29) is 6.04 Å². The van der Waals surface area contributed by atoms with Crippen LogP contribution in [0.1, 0.15) is 13.3 Å². The number of hydrogen-bond donors (Lipinski definition) is 1. The minimum absolute atomic E-state index is 0.0163. The molecule has 0 aliphatic heterocycles. The molecule has 1 rings (SSSR count). The summed E-state index contributed by atoms with van der Waals surface area (Å²) in [6.45, 7) is 2.00. The predicted octanol–water partition coefficient (Wildman–Crippen LogP) is 2.03. The van der Waals surface area contributed by atoms with Gasteiger partial charge in [-0.25, -0.2) is 8.42 Å². The molecule has 0 heterocycles. The molecule has 1 unspecified atom stereocenters. The maximum Gasteiger partial charge on any atom is 0.243 e. The third-order valence-corrected chi connectivity index (χ3v) is 5.54. The van der Waals surface area contributed by atoms with Crippen molar-refractivity contribution in [2.24, 2.45) is 0 Å². The Morgan fingerprint density at radius 1 is 1.33 bits per heavy atom. The molecule has 0 fully saturated rings. The monoisotopic (exact) mass is 288 g/mol. The van der Waals surface area contributed by atoms with Gasteiger partial charge in [0, 0.05) is 24.5 Å². The third kappa shape index (κ3) is 3.40. The van der Waals surface area contributed by atoms with Gasteiger partial charge in [-0.1, -0.05) is 6.92 Å². The SMILES string of the molecule is CCC(CSC)N(C)S(=O)(=O)c1ccc(N)cc1. The van der Waals surface area contributed by atoms with Crippen LogP contribution in [0.5, 0.6) is 0 Å². The summed E-state index contributed by atoms with van der Waals surface area (Å²) in [4.78, 5) is 0.291. The van der Waals surface area contributed by atoms with Crippen LogP contribution in [0, 0.1) is 0 Å². The fourth-order valence-electron chi connectivity index (χ4n) is 1.67. The van der Waals surface area contributed by atoms with Crippen LogP contribution < -0.4 is 5.73 Å². The molecular formula is C12H20N2O2S2. The first-order valence-corrected chi connectivity index (χ1v) is 8.59. The summed E-state index contributed by atoms with van der Waals surface area (Å²) in [5.74, 6) is 0.793. The number of anilines is 1. The van der Waals surface area contributed by atoms with Crippen molar-refractivity contribution < 1.29 is 8.42 Å². The molecule has 6 heteroatoms. The van der Waals surface area contributed by atoms with Crippen LogP contribution in [0.25, 0.3) is 0 Å². The van der Waals surface area contributed by atoms with E-state index in [0.717, 1.165) is 12.2 Å². The molecule has 1 atom stereocenters. The molecule has 0 saturated heterocycles. The quantitative estimate of drug-likeness (QED) is 0.814. The molecule has 0 spiro atoms. The molecule has 0 aliphatic rings. The number of benzene rings is 1. The Kier molecular flexibility index (Phi) is 5.49. The molecular weight excluding hydrogens is 268 g/mol. The van der Waals surface area contributed by atoms with E-state index in [0.29, 0.717) is 10.6 Å². The van der Waals surface area contributed by atoms with Gasteiger partial charge < -0.3 is 5.73 Å². The standard InChI is InChI=1S/C12H20N2O2S2/c1-4-11(9-17-3)14(2)18(15,16)12-7-5-10(13)6-8-12/h5-8,11H,4,9,13H2,1-3H3. The van der Waals surface area contributed by atoms with Gasteiger partial charge in [0.1, 0.15) is 0 Å². The zero-order valence-electron chi connectivity index (χ0n) is 11.0. The van der Waals surface area contributed by atoms with Crippen molar-refractivity contribution in [2.75, 3.05) is 24.8 Å². The largest absolute Gasteiger partial charge is 0.399 e. The second-order valence-corrected chi connectivity index (χ2v) is 7.02. The molecule has 0 saturated carbocycles. The third-order valence-electron chi connectivity index (χ3n) is 2.90. The van der Waals surface area contributed by atoms with Crippen molar-refractivity contribution in [1.82, 2.24) is 4.31 Å². The molecule has 0 aliphatic carbocycles. The Morgan fingerprint density at radius 2 is 1.89 bits per heavy atom. The Labute approximate surface area is 114 Å². The van der Waals surface area contributed by atoms with Crippen LogP contribution in [0.2, 0.25) is 0 Å². The lowest BCUT2D eigenvalue weighted by atomic mass is 10.3. The highest BCUT2D eigenvalue weighted by Crippen LogP contribution is 2.20. The first-order chi connectivity index (χ1) is 8.43. The van der Waals surface area contributed by atoms with Gasteiger partial charge in [-0.15, -0.1) is 0 Å². The molecule has 18 heavy (non-hydrogen) atoms. The van der Waals surface area contributed by atoms with Gasteiger partial charge in [0.2, 0.25) is 10.0 Å². The summed E-state index contributed by atoms with van der Waals surface area (Å²) in [7, 11) is -1.79. The normalized spacial score (nSPS) is 13.8. The number of hydrogen-bond acceptors (Lipinski definition) is 4. The van der Waals surface area contributed by atoms with Crippen LogP contribution in [0.4, 0.5) is 5.69 Å². The molecule has 0 bridgehead atoms. The first kappa shape index (κ1) is 15.3. The molecule has 1 aromatic carbocycles. The van der Waals surface area contributed by atoms with Crippen LogP contribution >= 0.6 is 11.8 Å². The van der Waals surface area contributed by atoms with Gasteiger partial charge in [-0.2, -0.15) is 16.1 Å². The molecule has 0 amide bonds. The average Bonchev–Trinajstić information content (AvgIpc) is 2.35. The summed E-state index contributed by atoms with van der Waals surface area (Å²) >= 11 is 1.65. The van der Waals surface area contributed by atoms with Crippen molar-refractivity contribution in [3.63, 3.8) is 0 Å². The minimum atomic E-state index is -3.42. The van der Waals surface area contributed by atoms with Crippen molar-refractivity contribution in [3.05, 3.63) is 24.3 Å². The molecule has 0 aromatic heterocycles. The Morgan fingerprint density at radius 3 is 2.33 bits per heavy atom. The van der Waals surface area contributed by atoms with E-state index >= 15 is 0 Å². The molecule has 1 aromatic rings. The summed E-state index contributed by atoms with van der Waals surface area (Å²) in [5, 5.41) is 0. The van der Waals surface area contributed by atoms with Gasteiger partial charge in [0.25, 0.3) is 0 Å². The summed E-state index contributed by atoms with van der Waals surface area (Å²) in [6.07, 6.45) is 2.78. The minimum Gasteiger partial charge on any atom is -0.399 e. The van der Waals surface area contributed by atoms with Gasteiger partial charge >= 0.3 is 0 Å². The maximum absolute atomic E-state index is 12.4. The van der Waals surface area contributed by atoms with E-state index in [2.05, 4.69) is 0 Å². The molecule has 4 nitrogen and oxygen atoms in total. The first-order valence-electron chi connectivity index (χ1n) is 5.76. The van der Waals surface area contributed by atoms with Gasteiger partial charge in [0.05, 0.1) is 4.90 Å². The highest BCUT2D eigenvalue weighted by atomic mass is 32.2. The highest BCUT2D eigenvalue weighted by molar-refractivity contribution is 7.98. The van der Waals surface area contributed by atoms with E-state index in [9.17, 15) is 8.42 Å². The maximum atomic E-state index is 12.4. The van der Waals surface area contributed by atoms with E-state index in [1.807, 2.05) is 13.2 Å². The zero-order valence-corrected chi connectivity index (χ0v) is 12.6. The second kappa shape index (κ2) is 6.45. The van der Waals surface area contributed by atoms with Gasteiger partial charge in [-0.3, -0.25) is 0 Å². The van der Waals surface area contributed by atoms with Crippen molar-refractivity contribution in [3.8, 4) is 0 Å². The predicted molar refractivity (Wildman–Crippen MR) is 78.3 cm³/mol. The van der Waals surface area contributed by atoms with Crippen LogP contribution in [0.15, 0.2) is 29.2 Å². The van der Waals surface area contributed by atoms with Crippen LogP contribution in [-0.2, 0) is 10.0 Å². The number of sulfonamides is 1. The van der Waals surface area contributed by atoms with Gasteiger partial charge in [0.15, 0.2) is 0 Å². The van der Waals surface area contributed by atoms with E-state index in [1.54, 1.807) is 43.1 Å². The fraction of sp³-hybridized carbons (Fsp3) is 0.500. The number of nitrogens with two attached hydrogens (primary N) is 1. The van der Waals surface area contributed by atoms with Crippen molar-refractivity contribution in [1.29, 1.82) is 0 Å². The molecule has 2 N–H and O–H groups in total. The lowest BCUT2D eigenvalue weighted by Crippen LogP contribution is -2.38. The fourth-order valence-corrected chi connectivity index (χ4v) is 4.04. The van der Waals surface area contributed by atoms with Crippen molar-refractivity contribution >= 4 is 27.5 Å². The van der Waals surface area contributed by atoms with E-state index in [4.69, 9.17) is 5.73 Å². The number of nitrogens with zero attached hydrogens (tertiary/aromatic N) is 1. The summed E-state index contributed by atoms with van der Waals surface area (Å²) < 4.78 is 26.2. The summed E-state index contributed by atoms with van der Waals surface area (Å²) in [6, 6.07) is 6.33. The van der Waals surface area contributed by atoms with E-state index in [1.165, 1.54) is 4.31 Å². The van der Waals surface area contributed by atoms with Crippen molar-refractivity contribution in [2.45, 2.75) is 24.3 Å². The average molecular weight is 288 g/mol. The Balaban J connectivity index is 3.01. The number of thioether (sulfide) groups is 1. The highest BCUT2D eigenvalue weighted by Gasteiger charge is 2.26. The smallest absolute Gasteiger partial charge is 0.243 e. The lowest BCUT2D eigenvalue weighted by molar-refractivity contribution is 0.385. The lowest BCUT2D eigenvalue weighted by Gasteiger charge is -2.26. The second-order valence-electron chi connectivity index (χ2n) is 4.11. The Hall–Kier alpha value is -0.720. The number of nitrogen functional groups attached to an aromatic ring is 1. The Bertz CT molecular complexity index is 471. The summed E-state index contributed by atoms with van der Waals surface area (Å²) in [5.41, 5.74) is 6.13. The van der Waals surface area contributed by atoms with Crippen LogP contribution in [-0.4, -0.2) is 37.8 Å². The van der Waals surface area contributed by atoms with Gasteiger partial charge in [-0.05, 0) is 36.9 Å². The number of rotatable bonds is 6.